The van der Waals surface area contributed by atoms with Crippen molar-refractivity contribution in [3.63, 3.8) is 0 Å². The Balaban J connectivity index is 1.92. The zero-order valence-corrected chi connectivity index (χ0v) is 10.6. The molecule has 0 saturated carbocycles. The fraction of sp³-hybridized carbons (Fsp3) is 0.188. The number of hydrogen-bond donors (Lipinski definition) is 1. The Kier molecular flexibility index (Phi) is 3.05. The summed E-state index contributed by atoms with van der Waals surface area (Å²) in [4.78, 5) is 11.2. The number of carbonyl (C=O) groups excluding carboxylic acids is 1. The van der Waals surface area contributed by atoms with Gasteiger partial charge in [-0.1, -0.05) is 42.5 Å². The molecule has 19 heavy (non-hydrogen) atoms. The normalized spacial score (nSPS) is 11.8. The Morgan fingerprint density at radius 1 is 1.11 bits per heavy atom. The highest BCUT2D eigenvalue weighted by molar-refractivity contribution is 5.78. The third kappa shape index (κ3) is 2.13. The summed E-state index contributed by atoms with van der Waals surface area (Å²) in [6.07, 6.45) is 0.905. The molecule has 3 nitrogen and oxygen atoms in total. The van der Waals surface area contributed by atoms with Gasteiger partial charge in [-0.15, -0.1) is 0 Å². The number of carbonyl (C=O) groups is 1. The number of esters is 1. The van der Waals surface area contributed by atoms with Gasteiger partial charge >= 0.3 is 5.97 Å². The molecule has 1 aliphatic rings. The van der Waals surface area contributed by atoms with Gasteiger partial charge in [-0.2, -0.15) is 0 Å². The first-order chi connectivity index (χ1) is 9.29. The number of rotatable bonds is 3. The van der Waals surface area contributed by atoms with Crippen molar-refractivity contribution in [1.82, 2.24) is 0 Å². The number of ether oxygens (including phenoxy) is 1. The van der Waals surface area contributed by atoms with E-state index in [1.54, 1.807) is 0 Å². The van der Waals surface area contributed by atoms with Crippen molar-refractivity contribution in [2.24, 2.45) is 5.73 Å². The molecule has 2 N–H and O–H groups in total. The van der Waals surface area contributed by atoms with Gasteiger partial charge in [-0.05, 0) is 34.2 Å². The average molecular weight is 253 g/mol. The van der Waals surface area contributed by atoms with Gasteiger partial charge in [0.25, 0.3) is 0 Å². The molecule has 0 amide bonds. The molecule has 0 fully saturated rings. The maximum absolute atomic E-state index is 11.2. The third-order valence-corrected chi connectivity index (χ3v) is 3.50. The van der Waals surface area contributed by atoms with E-state index < -0.39 is 0 Å². The minimum atomic E-state index is -0.367. The van der Waals surface area contributed by atoms with E-state index in [9.17, 15) is 4.79 Å². The summed E-state index contributed by atoms with van der Waals surface area (Å²) in [6.45, 7) is 0.225. The molecule has 1 aliphatic carbocycles. The highest BCUT2D eigenvalue weighted by atomic mass is 16.5. The Morgan fingerprint density at radius 3 is 2.74 bits per heavy atom. The van der Waals surface area contributed by atoms with E-state index in [4.69, 9.17) is 10.5 Å². The van der Waals surface area contributed by atoms with Gasteiger partial charge in [-0.25, -0.2) is 0 Å². The lowest BCUT2D eigenvalue weighted by atomic mass is 10.0. The van der Waals surface area contributed by atoms with Crippen LogP contribution in [0, 0.1) is 0 Å². The highest BCUT2D eigenvalue weighted by Crippen LogP contribution is 2.38. The number of fused-ring (bicyclic) bond motifs is 3. The molecule has 2 aromatic rings. The van der Waals surface area contributed by atoms with Crippen LogP contribution < -0.4 is 5.73 Å². The van der Waals surface area contributed by atoms with Gasteiger partial charge in [0.05, 0.1) is 6.54 Å². The van der Waals surface area contributed by atoms with E-state index in [2.05, 4.69) is 30.3 Å². The van der Waals surface area contributed by atoms with Gasteiger partial charge in [0.2, 0.25) is 0 Å². The lowest BCUT2D eigenvalue weighted by Gasteiger charge is -2.09. The predicted molar refractivity (Wildman–Crippen MR) is 73.5 cm³/mol. The molecular weight excluding hydrogens is 238 g/mol. The summed E-state index contributed by atoms with van der Waals surface area (Å²) in [7, 11) is 0. The molecule has 96 valence electrons. The zero-order valence-electron chi connectivity index (χ0n) is 10.6. The standard InChI is InChI=1S/C16H15NO2/c17-9-16(18)19-10-12-5-3-7-14-13-6-2-1-4-11(13)8-15(12)14/h1-7H,8-10,17H2. The quantitative estimate of drug-likeness (QED) is 0.728. The van der Waals surface area contributed by atoms with E-state index in [1.165, 1.54) is 22.3 Å². The van der Waals surface area contributed by atoms with E-state index in [0.717, 1.165) is 12.0 Å². The monoisotopic (exact) mass is 253 g/mol. The van der Waals surface area contributed by atoms with Gasteiger partial charge in [-0.3, -0.25) is 4.79 Å². The Labute approximate surface area is 112 Å². The fourth-order valence-corrected chi connectivity index (χ4v) is 2.58. The number of hydrogen-bond acceptors (Lipinski definition) is 3. The summed E-state index contributed by atoms with van der Waals surface area (Å²) in [5.74, 6) is -0.367. The second kappa shape index (κ2) is 4.86. The topological polar surface area (TPSA) is 52.3 Å². The van der Waals surface area contributed by atoms with E-state index in [0.29, 0.717) is 6.61 Å². The van der Waals surface area contributed by atoms with Crippen LogP contribution in [0.4, 0.5) is 0 Å². The van der Waals surface area contributed by atoms with Crippen LogP contribution in [-0.4, -0.2) is 12.5 Å². The Hall–Kier alpha value is -2.13. The minimum Gasteiger partial charge on any atom is -0.460 e. The number of nitrogens with two attached hydrogens (primary N) is 1. The molecule has 0 unspecified atom stereocenters. The number of benzene rings is 2. The highest BCUT2D eigenvalue weighted by Gasteiger charge is 2.20. The Bertz CT molecular complexity index is 634. The van der Waals surface area contributed by atoms with E-state index in [-0.39, 0.29) is 12.5 Å². The molecule has 0 radical (unpaired) electrons. The van der Waals surface area contributed by atoms with Crippen molar-refractivity contribution in [2.75, 3.05) is 6.54 Å². The first-order valence-corrected chi connectivity index (χ1v) is 6.34. The van der Waals surface area contributed by atoms with Crippen molar-refractivity contribution >= 4 is 5.97 Å². The van der Waals surface area contributed by atoms with Crippen molar-refractivity contribution in [3.8, 4) is 11.1 Å². The van der Waals surface area contributed by atoms with Crippen LogP contribution in [0.25, 0.3) is 11.1 Å². The first kappa shape index (κ1) is 11.9. The minimum absolute atomic E-state index is 0.0742. The SMILES string of the molecule is NCC(=O)OCc1cccc2c1Cc1ccccc1-2. The third-order valence-electron chi connectivity index (χ3n) is 3.50. The molecule has 0 spiro atoms. The van der Waals surface area contributed by atoms with Gasteiger partial charge < -0.3 is 10.5 Å². The molecule has 0 saturated heterocycles. The molecule has 0 aliphatic heterocycles. The van der Waals surface area contributed by atoms with Crippen molar-refractivity contribution in [3.05, 3.63) is 59.2 Å². The lowest BCUT2D eigenvalue weighted by Crippen LogP contribution is -2.16. The van der Waals surface area contributed by atoms with Crippen LogP contribution in [0.1, 0.15) is 16.7 Å². The molecular formula is C16H15NO2. The largest absolute Gasteiger partial charge is 0.460 e. The molecule has 0 aromatic heterocycles. The summed E-state index contributed by atoms with van der Waals surface area (Å²) < 4.78 is 5.14. The summed E-state index contributed by atoms with van der Waals surface area (Å²) in [5.41, 5.74) is 11.4. The average Bonchev–Trinajstić information content (AvgIpc) is 2.84. The smallest absolute Gasteiger partial charge is 0.320 e. The Morgan fingerprint density at radius 2 is 1.89 bits per heavy atom. The van der Waals surface area contributed by atoms with Crippen LogP contribution in [-0.2, 0) is 22.6 Å². The molecule has 3 rings (SSSR count). The maximum atomic E-state index is 11.2. The summed E-state index contributed by atoms with van der Waals surface area (Å²) >= 11 is 0. The van der Waals surface area contributed by atoms with Crippen LogP contribution in [0.5, 0.6) is 0 Å². The van der Waals surface area contributed by atoms with E-state index in [1.807, 2.05) is 12.1 Å². The second-order valence-electron chi connectivity index (χ2n) is 4.64. The van der Waals surface area contributed by atoms with E-state index >= 15 is 0 Å². The molecule has 3 heteroatoms. The molecule has 2 aromatic carbocycles. The van der Waals surface area contributed by atoms with Crippen molar-refractivity contribution in [1.29, 1.82) is 0 Å². The summed E-state index contributed by atoms with van der Waals surface area (Å²) in [6, 6.07) is 14.5. The van der Waals surface area contributed by atoms with Crippen molar-refractivity contribution in [2.45, 2.75) is 13.0 Å². The lowest BCUT2D eigenvalue weighted by molar-refractivity contribution is -0.143. The van der Waals surface area contributed by atoms with Crippen LogP contribution >= 0.6 is 0 Å². The van der Waals surface area contributed by atoms with Crippen LogP contribution in [0.2, 0.25) is 0 Å². The summed E-state index contributed by atoms with van der Waals surface area (Å²) in [5, 5.41) is 0. The maximum Gasteiger partial charge on any atom is 0.320 e. The van der Waals surface area contributed by atoms with Crippen LogP contribution in [0.3, 0.4) is 0 Å². The van der Waals surface area contributed by atoms with Crippen molar-refractivity contribution < 1.29 is 9.53 Å². The molecule has 0 heterocycles. The van der Waals surface area contributed by atoms with Gasteiger partial charge in [0.1, 0.15) is 6.61 Å². The zero-order chi connectivity index (χ0) is 13.2. The molecule has 0 atom stereocenters. The first-order valence-electron chi connectivity index (χ1n) is 6.34. The second-order valence-corrected chi connectivity index (χ2v) is 4.64. The van der Waals surface area contributed by atoms with Crippen LogP contribution in [0.15, 0.2) is 42.5 Å². The molecule has 0 bridgehead atoms. The van der Waals surface area contributed by atoms with Gasteiger partial charge in [0.15, 0.2) is 0 Å². The van der Waals surface area contributed by atoms with Gasteiger partial charge in [0, 0.05) is 0 Å². The fourth-order valence-electron chi connectivity index (χ4n) is 2.58. The predicted octanol–water partition coefficient (Wildman–Crippen LogP) is 2.26.